The highest BCUT2D eigenvalue weighted by Gasteiger charge is 2.16. The molecule has 3 aromatic rings. The Morgan fingerprint density at radius 1 is 1.17 bits per heavy atom. The van der Waals surface area contributed by atoms with Crippen LogP contribution < -0.4 is 15.6 Å². The first-order valence-electron chi connectivity index (χ1n) is 9.49. The van der Waals surface area contributed by atoms with Crippen LogP contribution in [0.2, 0.25) is 0 Å². The Morgan fingerprint density at radius 3 is 2.48 bits per heavy atom. The van der Waals surface area contributed by atoms with E-state index in [2.05, 4.69) is 15.4 Å². The van der Waals surface area contributed by atoms with Crippen LogP contribution in [0.1, 0.15) is 30.4 Å². The number of amides is 1. The van der Waals surface area contributed by atoms with Crippen molar-refractivity contribution < 1.29 is 9.53 Å². The zero-order valence-corrected chi connectivity index (χ0v) is 17.1. The van der Waals surface area contributed by atoms with Crippen molar-refractivity contribution in [3.05, 3.63) is 63.8 Å². The van der Waals surface area contributed by atoms with Crippen molar-refractivity contribution in [1.82, 2.24) is 19.3 Å². The van der Waals surface area contributed by atoms with Crippen LogP contribution in [0.5, 0.6) is 5.75 Å². The van der Waals surface area contributed by atoms with Crippen LogP contribution in [0.3, 0.4) is 0 Å². The van der Waals surface area contributed by atoms with E-state index in [4.69, 9.17) is 4.74 Å². The molecule has 0 aliphatic heterocycles. The van der Waals surface area contributed by atoms with Crippen LogP contribution in [0.15, 0.2) is 41.2 Å². The Kier molecular flexibility index (Phi) is 6.11. The fourth-order valence-electron chi connectivity index (χ4n) is 3.08. The van der Waals surface area contributed by atoms with E-state index in [-0.39, 0.29) is 18.0 Å². The minimum absolute atomic E-state index is 0.169. The number of carbonyl (C=O) groups is 1. The zero-order valence-electron chi connectivity index (χ0n) is 17.1. The fourth-order valence-corrected chi connectivity index (χ4v) is 3.08. The molecule has 0 aliphatic rings. The van der Waals surface area contributed by atoms with Crippen molar-refractivity contribution >= 4 is 11.6 Å². The quantitative estimate of drug-likeness (QED) is 0.664. The lowest BCUT2D eigenvalue weighted by Gasteiger charge is -2.14. The summed E-state index contributed by atoms with van der Waals surface area (Å²) in [6, 6.07) is 10.4. The second kappa shape index (κ2) is 8.72. The first-order valence-corrected chi connectivity index (χ1v) is 9.49. The summed E-state index contributed by atoms with van der Waals surface area (Å²) in [4.78, 5) is 30.0. The number of nitrogens with zero attached hydrogens (tertiary/aromatic N) is 4. The molecule has 152 valence electrons. The Balaban J connectivity index is 1.93. The Morgan fingerprint density at radius 2 is 1.90 bits per heavy atom. The van der Waals surface area contributed by atoms with Crippen molar-refractivity contribution in [3.8, 4) is 11.7 Å². The van der Waals surface area contributed by atoms with Gasteiger partial charge in [0.05, 0.1) is 12.8 Å². The third kappa shape index (κ3) is 4.71. The molecule has 8 heteroatoms. The lowest BCUT2D eigenvalue weighted by molar-refractivity contribution is -0.116. The summed E-state index contributed by atoms with van der Waals surface area (Å²) < 4.78 is 8.07. The highest BCUT2D eigenvalue weighted by molar-refractivity contribution is 5.90. The van der Waals surface area contributed by atoms with Crippen molar-refractivity contribution in [2.24, 2.45) is 0 Å². The molecule has 0 fully saturated rings. The summed E-state index contributed by atoms with van der Waals surface area (Å²) in [5.74, 6) is 0.711. The van der Waals surface area contributed by atoms with Crippen LogP contribution in [-0.4, -0.2) is 32.3 Å². The lowest BCUT2D eigenvalue weighted by atomic mass is 10.2. The number of carbonyl (C=O) groups excluding carboxylic acids is 1. The molecule has 0 radical (unpaired) electrons. The number of ether oxygens (including phenoxy) is 1. The number of aromatic nitrogens is 4. The first-order chi connectivity index (χ1) is 13.9. The lowest BCUT2D eigenvalue weighted by Crippen LogP contribution is -2.32. The smallest absolute Gasteiger partial charge is 0.255 e. The summed E-state index contributed by atoms with van der Waals surface area (Å²) >= 11 is 0. The van der Waals surface area contributed by atoms with Gasteiger partial charge in [0.2, 0.25) is 11.9 Å². The van der Waals surface area contributed by atoms with E-state index in [1.807, 2.05) is 26.8 Å². The third-order valence-corrected chi connectivity index (χ3v) is 4.42. The number of hydrogen-bond acceptors (Lipinski definition) is 5. The molecule has 2 aromatic heterocycles. The number of hydrogen-bond donors (Lipinski definition) is 1. The first kappa shape index (κ1) is 20.3. The highest BCUT2D eigenvalue weighted by Crippen LogP contribution is 2.15. The number of benzene rings is 1. The van der Waals surface area contributed by atoms with Crippen molar-refractivity contribution in [2.45, 2.75) is 40.2 Å². The summed E-state index contributed by atoms with van der Waals surface area (Å²) in [6.07, 6.45) is 1.55. The summed E-state index contributed by atoms with van der Waals surface area (Å²) in [6.45, 7) is 5.62. The molecule has 1 N–H and O–H groups in total. The van der Waals surface area contributed by atoms with Gasteiger partial charge in [0.15, 0.2) is 0 Å². The second-order valence-electron chi connectivity index (χ2n) is 6.84. The fraction of sp³-hybridized carbons (Fsp3) is 0.333. The molecule has 1 aromatic carbocycles. The molecular formula is C21H25N5O3. The molecule has 29 heavy (non-hydrogen) atoms. The number of methoxy groups -OCH3 is 1. The topological polar surface area (TPSA) is 91.0 Å². The SMILES string of the molecule is CCCc1cc(=O)n(CC(=O)Nc2ccc(OC)cc2)c(-n2nc(C)cc2C)n1. The average molecular weight is 395 g/mol. The van der Waals surface area contributed by atoms with Gasteiger partial charge in [0, 0.05) is 23.1 Å². The summed E-state index contributed by atoms with van der Waals surface area (Å²) in [5, 5.41) is 7.24. The van der Waals surface area contributed by atoms with Gasteiger partial charge in [0.1, 0.15) is 12.3 Å². The standard InChI is InChI=1S/C21H25N5O3/c1-5-6-17-12-20(28)25(21(23-17)26-15(3)11-14(2)24-26)13-19(27)22-16-7-9-18(29-4)10-8-16/h7-12H,5-6,13H2,1-4H3,(H,22,27). The number of anilines is 1. The molecular weight excluding hydrogens is 370 g/mol. The monoisotopic (exact) mass is 395 g/mol. The van der Waals surface area contributed by atoms with Gasteiger partial charge in [-0.15, -0.1) is 0 Å². The van der Waals surface area contributed by atoms with Crippen LogP contribution in [0.25, 0.3) is 5.95 Å². The third-order valence-electron chi connectivity index (χ3n) is 4.42. The molecule has 0 bridgehead atoms. The molecule has 1 amide bonds. The number of aryl methyl sites for hydroxylation is 3. The molecule has 0 aliphatic carbocycles. The number of nitrogens with one attached hydrogen (secondary N) is 1. The Bertz CT molecular complexity index is 1070. The van der Waals surface area contributed by atoms with E-state index >= 15 is 0 Å². The maximum atomic E-state index is 12.8. The van der Waals surface area contributed by atoms with Crippen LogP contribution in [0, 0.1) is 13.8 Å². The van der Waals surface area contributed by atoms with Gasteiger partial charge in [-0.05, 0) is 50.6 Å². The predicted octanol–water partition coefficient (Wildman–Crippen LogP) is 2.65. The zero-order chi connectivity index (χ0) is 21.0. The van der Waals surface area contributed by atoms with Crippen molar-refractivity contribution in [1.29, 1.82) is 0 Å². The molecule has 8 nitrogen and oxygen atoms in total. The maximum Gasteiger partial charge on any atom is 0.255 e. The van der Waals surface area contributed by atoms with E-state index < -0.39 is 0 Å². The van der Waals surface area contributed by atoms with Gasteiger partial charge >= 0.3 is 0 Å². The normalized spacial score (nSPS) is 10.8. The van der Waals surface area contributed by atoms with E-state index in [0.29, 0.717) is 29.5 Å². The highest BCUT2D eigenvalue weighted by atomic mass is 16.5. The predicted molar refractivity (Wildman–Crippen MR) is 111 cm³/mol. The van der Waals surface area contributed by atoms with Crippen LogP contribution >= 0.6 is 0 Å². The molecule has 2 heterocycles. The molecule has 0 spiro atoms. The average Bonchev–Trinajstić information content (AvgIpc) is 3.02. The Hall–Kier alpha value is -3.42. The summed E-state index contributed by atoms with van der Waals surface area (Å²) in [5.41, 5.74) is 2.68. The largest absolute Gasteiger partial charge is 0.497 e. The van der Waals surface area contributed by atoms with Crippen molar-refractivity contribution in [2.75, 3.05) is 12.4 Å². The molecule has 3 rings (SSSR count). The van der Waals surface area contributed by atoms with E-state index in [1.54, 1.807) is 36.1 Å². The van der Waals surface area contributed by atoms with Gasteiger partial charge in [-0.1, -0.05) is 13.3 Å². The van der Waals surface area contributed by atoms with Gasteiger partial charge in [0.25, 0.3) is 5.56 Å². The van der Waals surface area contributed by atoms with Crippen LogP contribution in [0.4, 0.5) is 5.69 Å². The molecule has 0 saturated carbocycles. The van der Waals surface area contributed by atoms with Crippen molar-refractivity contribution in [3.63, 3.8) is 0 Å². The molecule has 0 unspecified atom stereocenters. The van der Waals surface area contributed by atoms with Gasteiger partial charge < -0.3 is 10.1 Å². The minimum Gasteiger partial charge on any atom is -0.497 e. The second-order valence-corrected chi connectivity index (χ2v) is 6.84. The Labute approximate surface area is 169 Å². The summed E-state index contributed by atoms with van der Waals surface area (Å²) in [7, 11) is 1.58. The molecule has 0 atom stereocenters. The van der Waals surface area contributed by atoms with Gasteiger partial charge in [-0.2, -0.15) is 5.10 Å². The van der Waals surface area contributed by atoms with Gasteiger partial charge in [-0.3, -0.25) is 14.2 Å². The van der Waals surface area contributed by atoms with Crippen LogP contribution in [-0.2, 0) is 17.8 Å². The van der Waals surface area contributed by atoms with E-state index in [0.717, 1.165) is 17.8 Å². The van der Waals surface area contributed by atoms with Gasteiger partial charge in [-0.25, -0.2) is 9.67 Å². The minimum atomic E-state index is -0.329. The van der Waals surface area contributed by atoms with E-state index in [1.165, 1.54) is 10.6 Å². The van der Waals surface area contributed by atoms with E-state index in [9.17, 15) is 9.59 Å². The molecule has 0 saturated heterocycles. The number of rotatable bonds is 7. The maximum absolute atomic E-state index is 12.8.